The molecule has 1 rings (SSSR count). The molecule has 0 aromatic carbocycles. The fourth-order valence-corrected chi connectivity index (χ4v) is 1.53. The van der Waals surface area contributed by atoms with Crippen molar-refractivity contribution in [3.8, 4) is 0 Å². The van der Waals surface area contributed by atoms with Crippen molar-refractivity contribution in [3.05, 3.63) is 0 Å². The number of hydrogen-bond acceptors (Lipinski definition) is 2. The lowest BCUT2D eigenvalue weighted by atomic mass is 10.2. The van der Waals surface area contributed by atoms with Crippen LogP contribution < -0.4 is 5.32 Å². The zero-order valence-corrected chi connectivity index (χ0v) is 7.05. The number of carbonyl (C=O) groups is 1. The van der Waals surface area contributed by atoms with Gasteiger partial charge in [0.15, 0.2) is 0 Å². The molecule has 1 aliphatic heterocycles. The van der Waals surface area contributed by atoms with Gasteiger partial charge in [-0.2, -0.15) is 0 Å². The second-order valence-corrected chi connectivity index (χ2v) is 2.95. The van der Waals surface area contributed by atoms with Gasteiger partial charge in [0.2, 0.25) is 6.41 Å². The van der Waals surface area contributed by atoms with Crippen LogP contribution in [-0.2, 0) is 4.79 Å². The van der Waals surface area contributed by atoms with E-state index in [2.05, 4.69) is 12.2 Å². The number of rotatable bonds is 4. The van der Waals surface area contributed by atoms with Crippen LogP contribution in [0.25, 0.3) is 0 Å². The maximum Gasteiger partial charge on any atom is 0.209 e. The van der Waals surface area contributed by atoms with E-state index in [4.69, 9.17) is 0 Å². The van der Waals surface area contributed by atoms with Crippen LogP contribution in [0.15, 0.2) is 0 Å². The van der Waals surface area contributed by atoms with Crippen molar-refractivity contribution in [1.29, 1.82) is 0 Å². The highest BCUT2D eigenvalue weighted by Gasteiger charge is 2.21. The van der Waals surface area contributed by atoms with Crippen LogP contribution in [0.3, 0.4) is 0 Å². The molecule has 3 heteroatoms. The minimum absolute atomic E-state index is 0.451. The molecule has 1 aliphatic rings. The van der Waals surface area contributed by atoms with Crippen molar-refractivity contribution in [1.82, 2.24) is 10.2 Å². The molecule has 0 spiro atoms. The minimum Gasteiger partial charge on any atom is -0.341 e. The zero-order chi connectivity index (χ0) is 8.10. The molecule has 0 aliphatic carbocycles. The number of nitrogens with one attached hydrogen (secondary N) is 1. The Morgan fingerprint density at radius 2 is 2.55 bits per heavy atom. The predicted octanol–water partition coefficient (Wildman–Crippen LogP) is 0.217. The van der Waals surface area contributed by atoms with Crippen LogP contribution >= 0.6 is 0 Å². The first kappa shape index (κ1) is 8.53. The van der Waals surface area contributed by atoms with E-state index in [1.165, 1.54) is 0 Å². The normalized spacial score (nSPS) is 24.1. The Bertz CT molecular complexity index is 127. The first-order chi connectivity index (χ1) is 5.38. The summed E-state index contributed by atoms with van der Waals surface area (Å²) < 4.78 is 0. The lowest BCUT2D eigenvalue weighted by Gasteiger charge is -2.19. The molecule has 1 saturated heterocycles. The largest absolute Gasteiger partial charge is 0.341 e. The SMILES string of the molecule is CCNCC1CCCN1C=O. The Labute approximate surface area is 67.8 Å². The Kier molecular flexibility index (Phi) is 3.36. The molecule has 0 saturated carbocycles. The van der Waals surface area contributed by atoms with E-state index < -0.39 is 0 Å². The molecule has 0 radical (unpaired) electrons. The van der Waals surface area contributed by atoms with Crippen LogP contribution in [0.4, 0.5) is 0 Å². The third-order valence-corrected chi connectivity index (χ3v) is 2.19. The van der Waals surface area contributed by atoms with Gasteiger partial charge < -0.3 is 10.2 Å². The molecule has 1 N–H and O–H groups in total. The van der Waals surface area contributed by atoms with E-state index in [9.17, 15) is 4.79 Å². The maximum atomic E-state index is 10.5. The summed E-state index contributed by atoms with van der Waals surface area (Å²) in [6, 6.07) is 0.451. The summed E-state index contributed by atoms with van der Waals surface area (Å²) in [6.07, 6.45) is 3.29. The lowest BCUT2D eigenvalue weighted by molar-refractivity contribution is -0.118. The third-order valence-electron chi connectivity index (χ3n) is 2.19. The van der Waals surface area contributed by atoms with Crippen LogP contribution in [0.1, 0.15) is 19.8 Å². The van der Waals surface area contributed by atoms with Gasteiger partial charge in [-0.15, -0.1) is 0 Å². The highest BCUT2D eigenvalue weighted by Crippen LogP contribution is 2.13. The van der Waals surface area contributed by atoms with Crippen LogP contribution in [0.5, 0.6) is 0 Å². The van der Waals surface area contributed by atoms with Crippen molar-refractivity contribution in [2.75, 3.05) is 19.6 Å². The van der Waals surface area contributed by atoms with Gasteiger partial charge >= 0.3 is 0 Å². The number of nitrogens with zero attached hydrogens (tertiary/aromatic N) is 1. The first-order valence-corrected chi connectivity index (χ1v) is 4.30. The number of hydrogen-bond donors (Lipinski definition) is 1. The van der Waals surface area contributed by atoms with E-state index in [1.807, 2.05) is 4.90 Å². The van der Waals surface area contributed by atoms with Gasteiger partial charge in [-0.1, -0.05) is 6.92 Å². The number of carbonyl (C=O) groups excluding carboxylic acids is 1. The summed E-state index contributed by atoms with van der Waals surface area (Å²) in [5, 5.41) is 3.25. The molecule has 11 heavy (non-hydrogen) atoms. The molecular weight excluding hydrogens is 140 g/mol. The Hall–Kier alpha value is -0.570. The van der Waals surface area contributed by atoms with Gasteiger partial charge in [0.05, 0.1) is 0 Å². The van der Waals surface area contributed by atoms with Gasteiger partial charge in [-0.3, -0.25) is 4.79 Å². The minimum atomic E-state index is 0.451. The van der Waals surface area contributed by atoms with E-state index in [0.29, 0.717) is 6.04 Å². The van der Waals surface area contributed by atoms with Crippen molar-refractivity contribution in [2.24, 2.45) is 0 Å². The summed E-state index contributed by atoms with van der Waals surface area (Å²) in [5.74, 6) is 0. The molecule has 0 bridgehead atoms. The summed E-state index contributed by atoms with van der Waals surface area (Å²) in [6.45, 7) is 4.97. The van der Waals surface area contributed by atoms with Crippen LogP contribution in [0, 0.1) is 0 Å². The summed E-state index contributed by atoms with van der Waals surface area (Å²) >= 11 is 0. The van der Waals surface area contributed by atoms with Crippen molar-refractivity contribution >= 4 is 6.41 Å². The smallest absolute Gasteiger partial charge is 0.209 e. The standard InChI is InChI=1S/C8H16N2O/c1-2-9-6-8-4-3-5-10(8)7-11/h7-9H,2-6H2,1H3. The van der Waals surface area contributed by atoms with E-state index in [0.717, 1.165) is 38.9 Å². The monoisotopic (exact) mass is 156 g/mol. The molecule has 64 valence electrons. The Morgan fingerprint density at radius 1 is 1.73 bits per heavy atom. The average molecular weight is 156 g/mol. The molecule has 1 fully saturated rings. The summed E-state index contributed by atoms with van der Waals surface area (Å²) in [7, 11) is 0. The molecule has 1 unspecified atom stereocenters. The Morgan fingerprint density at radius 3 is 3.18 bits per heavy atom. The fraction of sp³-hybridized carbons (Fsp3) is 0.875. The van der Waals surface area contributed by atoms with Gasteiger partial charge in [0, 0.05) is 19.1 Å². The highest BCUT2D eigenvalue weighted by atomic mass is 16.1. The quantitative estimate of drug-likeness (QED) is 0.590. The predicted molar refractivity (Wildman–Crippen MR) is 44.3 cm³/mol. The zero-order valence-electron chi connectivity index (χ0n) is 7.05. The molecule has 0 aromatic rings. The number of likely N-dealkylation sites (tertiary alicyclic amines) is 1. The number of amides is 1. The van der Waals surface area contributed by atoms with Crippen molar-refractivity contribution in [2.45, 2.75) is 25.8 Å². The van der Waals surface area contributed by atoms with Crippen LogP contribution in [-0.4, -0.2) is 37.0 Å². The van der Waals surface area contributed by atoms with Gasteiger partial charge in [-0.25, -0.2) is 0 Å². The maximum absolute atomic E-state index is 10.5. The molecule has 1 atom stereocenters. The van der Waals surface area contributed by atoms with Gasteiger partial charge in [0.25, 0.3) is 0 Å². The highest BCUT2D eigenvalue weighted by molar-refractivity contribution is 5.48. The molecule has 3 nitrogen and oxygen atoms in total. The fourth-order valence-electron chi connectivity index (χ4n) is 1.53. The van der Waals surface area contributed by atoms with E-state index in [-0.39, 0.29) is 0 Å². The first-order valence-electron chi connectivity index (χ1n) is 4.30. The molecule has 0 aromatic heterocycles. The van der Waals surface area contributed by atoms with Crippen LogP contribution in [0.2, 0.25) is 0 Å². The van der Waals surface area contributed by atoms with E-state index >= 15 is 0 Å². The third kappa shape index (κ3) is 2.19. The topological polar surface area (TPSA) is 32.3 Å². The second kappa shape index (κ2) is 4.34. The molecule has 1 amide bonds. The second-order valence-electron chi connectivity index (χ2n) is 2.95. The van der Waals surface area contributed by atoms with E-state index in [1.54, 1.807) is 0 Å². The van der Waals surface area contributed by atoms with Gasteiger partial charge in [-0.05, 0) is 19.4 Å². The Balaban J connectivity index is 2.25. The lowest BCUT2D eigenvalue weighted by Crippen LogP contribution is -2.36. The van der Waals surface area contributed by atoms with Crippen molar-refractivity contribution < 1.29 is 4.79 Å². The van der Waals surface area contributed by atoms with Crippen molar-refractivity contribution in [3.63, 3.8) is 0 Å². The average Bonchev–Trinajstić information content (AvgIpc) is 2.47. The molecule has 1 heterocycles. The molecular formula is C8H16N2O. The summed E-state index contributed by atoms with van der Waals surface area (Å²) in [4.78, 5) is 12.4. The number of likely N-dealkylation sites (N-methyl/N-ethyl adjacent to an activating group) is 1. The summed E-state index contributed by atoms with van der Waals surface area (Å²) in [5.41, 5.74) is 0. The van der Waals surface area contributed by atoms with Gasteiger partial charge in [0.1, 0.15) is 0 Å².